The lowest BCUT2D eigenvalue weighted by atomic mass is 9.91. The fraction of sp³-hybridized carbons (Fsp3) is 0.571. The van der Waals surface area contributed by atoms with E-state index in [9.17, 15) is 4.79 Å². The van der Waals surface area contributed by atoms with Crippen molar-refractivity contribution in [3.8, 4) is 0 Å². The molecule has 2 atom stereocenters. The van der Waals surface area contributed by atoms with Crippen LogP contribution >= 0.6 is 12.4 Å². The molecule has 1 fully saturated rings. The number of halogens is 1. The maximum Gasteiger partial charge on any atom is 0.254 e. The molecule has 19 heavy (non-hydrogen) atoms. The van der Waals surface area contributed by atoms with Crippen LogP contribution in [0.25, 0.3) is 0 Å². The maximum atomic E-state index is 12.5. The van der Waals surface area contributed by atoms with E-state index in [1.807, 2.05) is 4.90 Å². The van der Waals surface area contributed by atoms with Crippen LogP contribution in [-0.2, 0) is 6.54 Å². The zero-order valence-electron chi connectivity index (χ0n) is 11.5. The zero-order valence-corrected chi connectivity index (χ0v) is 12.3. The molecule has 1 amide bonds. The first-order valence-corrected chi connectivity index (χ1v) is 6.59. The lowest BCUT2D eigenvalue weighted by Crippen LogP contribution is -2.46. The van der Waals surface area contributed by atoms with Crippen LogP contribution in [0.4, 0.5) is 0 Å². The van der Waals surface area contributed by atoms with Gasteiger partial charge in [0.2, 0.25) is 0 Å². The SMILES string of the molecule is CC1CCCN(C(=O)c2ccnc(CN)c2)C1C.Cl. The molecule has 1 saturated heterocycles. The first kappa shape index (κ1) is 15.9. The van der Waals surface area contributed by atoms with Crippen molar-refractivity contribution in [1.82, 2.24) is 9.88 Å². The Hall–Kier alpha value is -1.13. The normalized spacial score (nSPS) is 22.8. The lowest BCUT2D eigenvalue weighted by Gasteiger charge is -2.38. The summed E-state index contributed by atoms with van der Waals surface area (Å²) in [5.41, 5.74) is 7.02. The number of hydrogen-bond acceptors (Lipinski definition) is 3. The van der Waals surface area contributed by atoms with E-state index < -0.39 is 0 Å². The van der Waals surface area contributed by atoms with E-state index in [0.717, 1.165) is 18.7 Å². The molecular weight excluding hydrogens is 262 g/mol. The standard InChI is InChI=1S/C14H21N3O.ClH/c1-10-4-3-7-17(11(10)2)14(18)12-5-6-16-13(8-12)9-15;/h5-6,8,10-11H,3-4,7,9,15H2,1-2H3;1H. The van der Waals surface area contributed by atoms with Gasteiger partial charge in [-0.05, 0) is 37.8 Å². The summed E-state index contributed by atoms with van der Waals surface area (Å²) in [5, 5.41) is 0. The van der Waals surface area contributed by atoms with Gasteiger partial charge in [-0.25, -0.2) is 0 Å². The van der Waals surface area contributed by atoms with Gasteiger partial charge in [-0.2, -0.15) is 0 Å². The molecule has 2 rings (SSSR count). The van der Waals surface area contributed by atoms with E-state index in [1.165, 1.54) is 6.42 Å². The molecule has 106 valence electrons. The first-order chi connectivity index (χ1) is 8.63. The molecule has 1 aromatic rings. The largest absolute Gasteiger partial charge is 0.336 e. The van der Waals surface area contributed by atoms with Gasteiger partial charge in [-0.3, -0.25) is 9.78 Å². The van der Waals surface area contributed by atoms with Crippen LogP contribution in [0.2, 0.25) is 0 Å². The maximum absolute atomic E-state index is 12.5. The van der Waals surface area contributed by atoms with Gasteiger partial charge in [0.1, 0.15) is 0 Å². The number of hydrogen-bond donors (Lipinski definition) is 1. The Morgan fingerprint density at radius 3 is 2.95 bits per heavy atom. The summed E-state index contributed by atoms with van der Waals surface area (Å²) in [6.07, 6.45) is 3.95. The molecule has 5 heteroatoms. The molecule has 2 N–H and O–H groups in total. The second kappa shape index (κ2) is 6.87. The average Bonchev–Trinajstić information content (AvgIpc) is 2.41. The Morgan fingerprint density at radius 1 is 1.53 bits per heavy atom. The number of amides is 1. The van der Waals surface area contributed by atoms with Gasteiger partial charge in [0.15, 0.2) is 0 Å². The van der Waals surface area contributed by atoms with Gasteiger partial charge in [0.25, 0.3) is 5.91 Å². The van der Waals surface area contributed by atoms with Gasteiger partial charge in [-0.15, -0.1) is 12.4 Å². The molecule has 0 aliphatic carbocycles. The Labute approximate surface area is 120 Å². The summed E-state index contributed by atoms with van der Waals surface area (Å²) in [6, 6.07) is 3.88. The van der Waals surface area contributed by atoms with Crippen LogP contribution in [-0.4, -0.2) is 28.4 Å². The van der Waals surface area contributed by atoms with Crippen molar-refractivity contribution < 1.29 is 4.79 Å². The third kappa shape index (κ3) is 3.45. The minimum Gasteiger partial charge on any atom is -0.336 e. The Morgan fingerprint density at radius 2 is 2.26 bits per heavy atom. The number of piperidine rings is 1. The number of likely N-dealkylation sites (tertiary alicyclic amines) is 1. The van der Waals surface area contributed by atoms with Crippen molar-refractivity contribution in [3.63, 3.8) is 0 Å². The summed E-state index contributed by atoms with van der Waals surface area (Å²) in [6.45, 7) is 5.56. The molecule has 0 saturated carbocycles. The van der Waals surface area contributed by atoms with E-state index >= 15 is 0 Å². The van der Waals surface area contributed by atoms with Crippen molar-refractivity contribution in [2.24, 2.45) is 11.7 Å². The quantitative estimate of drug-likeness (QED) is 0.905. The number of nitrogens with two attached hydrogens (primary N) is 1. The fourth-order valence-electron chi connectivity index (χ4n) is 2.51. The van der Waals surface area contributed by atoms with Crippen LogP contribution in [0.5, 0.6) is 0 Å². The third-order valence-electron chi connectivity index (χ3n) is 3.91. The molecule has 2 heterocycles. The highest BCUT2D eigenvalue weighted by atomic mass is 35.5. The molecule has 4 nitrogen and oxygen atoms in total. The molecular formula is C14H22ClN3O. The van der Waals surface area contributed by atoms with E-state index in [1.54, 1.807) is 18.3 Å². The highest BCUT2D eigenvalue weighted by molar-refractivity contribution is 5.94. The molecule has 0 spiro atoms. The summed E-state index contributed by atoms with van der Waals surface area (Å²) in [5.74, 6) is 0.671. The van der Waals surface area contributed by atoms with E-state index in [2.05, 4.69) is 18.8 Å². The third-order valence-corrected chi connectivity index (χ3v) is 3.91. The summed E-state index contributed by atoms with van der Waals surface area (Å²) in [7, 11) is 0. The second-order valence-electron chi connectivity index (χ2n) is 5.10. The monoisotopic (exact) mass is 283 g/mol. The van der Waals surface area contributed by atoms with Gasteiger partial charge >= 0.3 is 0 Å². The van der Waals surface area contributed by atoms with Gasteiger partial charge < -0.3 is 10.6 Å². The predicted octanol–water partition coefficient (Wildman–Crippen LogP) is 2.22. The second-order valence-corrected chi connectivity index (χ2v) is 5.10. The van der Waals surface area contributed by atoms with Crippen LogP contribution < -0.4 is 5.73 Å². The Balaban J connectivity index is 0.00000180. The summed E-state index contributed by atoms with van der Waals surface area (Å²) in [4.78, 5) is 18.6. The molecule has 0 bridgehead atoms. The van der Waals surface area contributed by atoms with Crippen molar-refractivity contribution in [2.45, 2.75) is 39.3 Å². The van der Waals surface area contributed by atoms with E-state index in [-0.39, 0.29) is 18.3 Å². The number of carbonyl (C=O) groups excluding carboxylic acids is 1. The van der Waals surface area contributed by atoms with Crippen molar-refractivity contribution in [3.05, 3.63) is 29.6 Å². The molecule has 1 aliphatic heterocycles. The molecule has 2 unspecified atom stereocenters. The lowest BCUT2D eigenvalue weighted by molar-refractivity contribution is 0.0551. The number of carbonyl (C=O) groups is 1. The molecule has 0 aromatic carbocycles. The van der Waals surface area contributed by atoms with Gasteiger partial charge in [0, 0.05) is 30.9 Å². The number of nitrogens with zero attached hydrogens (tertiary/aromatic N) is 2. The number of pyridine rings is 1. The van der Waals surface area contributed by atoms with Crippen molar-refractivity contribution >= 4 is 18.3 Å². The van der Waals surface area contributed by atoms with Crippen molar-refractivity contribution in [2.75, 3.05) is 6.54 Å². The van der Waals surface area contributed by atoms with Gasteiger partial charge in [0.05, 0.1) is 5.69 Å². The number of rotatable bonds is 2. The number of aromatic nitrogens is 1. The van der Waals surface area contributed by atoms with Crippen LogP contribution in [0.1, 0.15) is 42.7 Å². The zero-order chi connectivity index (χ0) is 13.1. The first-order valence-electron chi connectivity index (χ1n) is 6.59. The minimum atomic E-state index is 0. The average molecular weight is 284 g/mol. The molecule has 1 aliphatic rings. The molecule has 1 aromatic heterocycles. The Kier molecular flexibility index (Phi) is 5.76. The van der Waals surface area contributed by atoms with E-state index in [0.29, 0.717) is 24.1 Å². The highest BCUT2D eigenvalue weighted by Crippen LogP contribution is 2.24. The van der Waals surface area contributed by atoms with Crippen LogP contribution in [0, 0.1) is 5.92 Å². The highest BCUT2D eigenvalue weighted by Gasteiger charge is 2.28. The van der Waals surface area contributed by atoms with Crippen molar-refractivity contribution in [1.29, 1.82) is 0 Å². The van der Waals surface area contributed by atoms with Gasteiger partial charge in [-0.1, -0.05) is 6.92 Å². The minimum absolute atomic E-state index is 0. The fourth-order valence-corrected chi connectivity index (χ4v) is 2.51. The van der Waals surface area contributed by atoms with Crippen LogP contribution in [0.3, 0.4) is 0 Å². The smallest absolute Gasteiger partial charge is 0.254 e. The van der Waals surface area contributed by atoms with Crippen LogP contribution in [0.15, 0.2) is 18.3 Å². The predicted molar refractivity (Wildman–Crippen MR) is 78.3 cm³/mol. The molecule has 0 radical (unpaired) electrons. The summed E-state index contributed by atoms with van der Waals surface area (Å²) >= 11 is 0. The van der Waals surface area contributed by atoms with E-state index in [4.69, 9.17) is 5.73 Å². The Bertz CT molecular complexity index is 438. The topological polar surface area (TPSA) is 59.2 Å². The summed E-state index contributed by atoms with van der Waals surface area (Å²) < 4.78 is 0.